The Morgan fingerprint density at radius 1 is 1.19 bits per heavy atom. The van der Waals surface area contributed by atoms with Crippen molar-refractivity contribution in [1.29, 1.82) is 0 Å². The minimum Gasteiger partial charge on any atom is -0.478 e. The number of benzene rings is 1. The largest absolute Gasteiger partial charge is 0.478 e. The fraction of sp³-hybridized carbons (Fsp3) is 0. The van der Waals surface area contributed by atoms with Crippen molar-refractivity contribution in [3.63, 3.8) is 0 Å². The van der Waals surface area contributed by atoms with Crippen LogP contribution < -0.4 is 0 Å². The van der Waals surface area contributed by atoms with E-state index in [0.717, 1.165) is 0 Å². The maximum Gasteiger partial charge on any atom is 0.336 e. The summed E-state index contributed by atoms with van der Waals surface area (Å²) in [6, 6.07) is 6.62. The van der Waals surface area contributed by atoms with Crippen LogP contribution in [0.2, 0.25) is 0 Å². The van der Waals surface area contributed by atoms with Gasteiger partial charge < -0.3 is 5.11 Å². The summed E-state index contributed by atoms with van der Waals surface area (Å²) in [5.41, 5.74) is 1.29. The van der Waals surface area contributed by atoms with E-state index in [-0.39, 0.29) is 5.56 Å². The average molecular weight is 235 g/mol. The number of allylic oxidation sites excluding steroid dienone is 4. The van der Waals surface area contributed by atoms with E-state index in [1.807, 2.05) is 0 Å². The Balaban J connectivity index is 3.48. The third-order valence-corrected chi connectivity index (χ3v) is 2.45. The van der Waals surface area contributed by atoms with Crippen molar-refractivity contribution in [2.75, 3.05) is 0 Å². The predicted molar refractivity (Wildman–Crippen MR) is 66.6 cm³/mol. The number of hydrogen-bond donors (Lipinski definition) is 1. The molecule has 0 radical (unpaired) electrons. The highest BCUT2D eigenvalue weighted by Crippen LogP contribution is 2.26. The van der Waals surface area contributed by atoms with E-state index in [2.05, 4.69) is 13.2 Å². The monoisotopic (exact) mass is 234 g/mol. The van der Waals surface area contributed by atoms with Gasteiger partial charge in [0, 0.05) is 10.6 Å². The second-order valence-corrected chi connectivity index (χ2v) is 3.43. The molecule has 0 unspecified atom stereocenters. The lowest BCUT2D eigenvalue weighted by Crippen LogP contribution is -2.01. The molecule has 0 fully saturated rings. The second kappa shape index (κ2) is 5.33. The number of hydrogen-bond acceptors (Lipinski definition) is 1. The van der Waals surface area contributed by atoms with Gasteiger partial charge in [-0.25, -0.2) is 4.79 Å². The number of halogens is 1. The topological polar surface area (TPSA) is 37.3 Å². The fourth-order valence-corrected chi connectivity index (χ4v) is 1.53. The number of carboxylic acids is 1. The lowest BCUT2D eigenvalue weighted by atomic mass is 9.99. The Hall–Kier alpha value is -1.80. The van der Waals surface area contributed by atoms with E-state index in [4.69, 9.17) is 16.7 Å². The zero-order chi connectivity index (χ0) is 12.1. The molecule has 1 aromatic carbocycles. The second-order valence-electron chi connectivity index (χ2n) is 3.02. The van der Waals surface area contributed by atoms with E-state index in [1.165, 1.54) is 18.2 Å². The van der Waals surface area contributed by atoms with Gasteiger partial charge in [0.2, 0.25) is 0 Å². The van der Waals surface area contributed by atoms with Crippen LogP contribution in [-0.4, -0.2) is 11.1 Å². The first kappa shape index (κ1) is 12.3. The molecule has 0 atom stereocenters. The average Bonchev–Trinajstić information content (AvgIpc) is 2.30. The lowest BCUT2D eigenvalue weighted by Gasteiger charge is -2.07. The van der Waals surface area contributed by atoms with Crippen LogP contribution in [0.25, 0.3) is 5.57 Å². The first-order valence-corrected chi connectivity index (χ1v) is 4.97. The first-order chi connectivity index (χ1) is 7.61. The van der Waals surface area contributed by atoms with Crippen LogP contribution in [0.5, 0.6) is 0 Å². The molecule has 0 bridgehead atoms. The van der Waals surface area contributed by atoms with Gasteiger partial charge in [-0.3, -0.25) is 0 Å². The summed E-state index contributed by atoms with van der Waals surface area (Å²) >= 11 is 5.94. The Bertz CT molecular complexity index is 473. The van der Waals surface area contributed by atoms with Gasteiger partial charge in [-0.1, -0.05) is 55.1 Å². The van der Waals surface area contributed by atoms with Crippen LogP contribution in [0.3, 0.4) is 0 Å². The number of carbonyl (C=O) groups is 1. The molecule has 0 aliphatic carbocycles. The van der Waals surface area contributed by atoms with Gasteiger partial charge in [-0.2, -0.15) is 0 Å². The molecule has 3 heteroatoms. The molecule has 1 N–H and O–H groups in total. The van der Waals surface area contributed by atoms with Crippen LogP contribution in [0.15, 0.2) is 54.6 Å². The molecule has 0 amide bonds. The molecule has 82 valence electrons. The minimum atomic E-state index is -0.997. The van der Waals surface area contributed by atoms with Gasteiger partial charge in [-0.15, -0.1) is 0 Å². The zero-order valence-electron chi connectivity index (χ0n) is 8.61. The normalized spacial score (nSPS) is 11.6. The highest BCUT2D eigenvalue weighted by Gasteiger charge is 2.12. The summed E-state index contributed by atoms with van der Waals surface area (Å²) in [6.45, 7) is 7.17. The van der Waals surface area contributed by atoms with Crippen molar-refractivity contribution in [1.82, 2.24) is 0 Å². The Kier molecular flexibility index (Phi) is 4.09. The van der Waals surface area contributed by atoms with Crippen LogP contribution in [0, 0.1) is 0 Å². The Morgan fingerprint density at radius 2 is 1.75 bits per heavy atom. The summed E-state index contributed by atoms with van der Waals surface area (Å²) in [5, 5.41) is 9.42. The molecule has 0 aliphatic heterocycles. The highest BCUT2D eigenvalue weighted by atomic mass is 35.5. The molecule has 1 rings (SSSR count). The van der Waals surface area contributed by atoms with Crippen molar-refractivity contribution in [3.8, 4) is 0 Å². The van der Waals surface area contributed by atoms with E-state index in [0.29, 0.717) is 16.2 Å². The molecule has 0 spiro atoms. The van der Waals surface area contributed by atoms with Crippen molar-refractivity contribution in [2.45, 2.75) is 0 Å². The van der Waals surface area contributed by atoms with E-state index in [1.54, 1.807) is 18.2 Å². The van der Waals surface area contributed by atoms with Crippen LogP contribution in [-0.2, 0) is 0 Å². The summed E-state index contributed by atoms with van der Waals surface area (Å²) in [4.78, 5) is 11.0. The first-order valence-electron chi connectivity index (χ1n) is 4.59. The highest BCUT2D eigenvalue weighted by molar-refractivity contribution is 6.35. The molecule has 0 saturated carbocycles. The van der Waals surface area contributed by atoms with Crippen LogP contribution in [0.1, 0.15) is 15.9 Å². The van der Waals surface area contributed by atoms with Gasteiger partial charge >= 0.3 is 5.97 Å². The third-order valence-electron chi connectivity index (χ3n) is 2.09. The Morgan fingerprint density at radius 3 is 2.19 bits per heavy atom. The van der Waals surface area contributed by atoms with Gasteiger partial charge in [0.25, 0.3) is 0 Å². The lowest BCUT2D eigenvalue weighted by molar-refractivity contribution is 0.0696. The number of carboxylic acid groups (broad SMARTS) is 1. The summed E-state index contributed by atoms with van der Waals surface area (Å²) in [6.07, 6.45) is 2.98. The SMILES string of the molecule is C=C/C(Cl)=C(\C=C)c1ccccc1C(=O)O. The number of rotatable bonds is 4. The Labute approximate surface area is 99.2 Å². The quantitative estimate of drug-likeness (QED) is 0.807. The van der Waals surface area contributed by atoms with E-state index < -0.39 is 5.97 Å². The van der Waals surface area contributed by atoms with Crippen molar-refractivity contribution in [2.24, 2.45) is 0 Å². The van der Waals surface area contributed by atoms with Crippen LogP contribution in [0.4, 0.5) is 0 Å². The molecule has 2 nitrogen and oxygen atoms in total. The van der Waals surface area contributed by atoms with Crippen molar-refractivity contribution >= 4 is 23.1 Å². The molecule has 0 aliphatic rings. The zero-order valence-corrected chi connectivity index (χ0v) is 9.37. The molecule has 1 aromatic rings. The molecule has 0 aromatic heterocycles. The van der Waals surface area contributed by atoms with Crippen LogP contribution >= 0.6 is 11.6 Å². The van der Waals surface area contributed by atoms with Gasteiger partial charge in [-0.05, 0) is 11.6 Å². The summed E-state index contributed by atoms with van der Waals surface area (Å²) in [5.74, 6) is -0.997. The molecular weight excluding hydrogens is 224 g/mol. The molecule has 0 saturated heterocycles. The van der Waals surface area contributed by atoms with Crippen molar-refractivity contribution < 1.29 is 9.90 Å². The van der Waals surface area contributed by atoms with Gasteiger partial charge in [0.15, 0.2) is 0 Å². The molecular formula is C13H11ClO2. The van der Waals surface area contributed by atoms with E-state index in [9.17, 15) is 4.79 Å². The smallest absolute Gasteiger partial charge is 0.336 e. The standard InChI is InChI=1S/C13H11ClO2/c1-3-9(12(14)4-2)10-7-5-6-8-11(10)13(15)16/h3-8H,1-2H2,(H,15,16)/b12-9-. The maximum atomic E-state index is 11.0. The van der Waals surface area contributed by atoms with E-state index >= 15 is 0 Å². The maximum absolute atomic E-state index is 11.0. The van der Waals surface area contributed by atoms with Gasteiger partial charge in [0.05, 0.1) is 5.56 Å². The fourth-order valence-electron chi connectivity index (χ4n) is 1.35. The summed E-state index contributed by atoms with van der Waals surface area (Å²) < 4.78 is 0. The molecule has 0 heterocycles. The molecule has 16 heavy (non-hydrogen) atoms. The third kappa shape index (κ3) is 2.41. The van der Waals surface area contributed by atoms with Gasteiger partial charge in [0.1, 0.15) is 0 Å². The number of aromatic carboxylic acids is 1. The van der Waals surface area contributed by atoms with Crippen molar-refractivity contribution in [3.05, 3.63) is 65.7 Å². The minimum absolute atomic E-state index is 0.192. The summed E-state index contributed by atoms with van der Waals surface area (Å²) in [7, 11) is 0. The predicted octanol–water partition coefficient (Wildman–Crippen LogP) is 3.71.